The molecular formula is C31H46O8. The second kappa shape index (κ2) is 9.45. The minimum atomic E-state index is -0.645. The van der Waals surface area contributed by atoms with Crippen molar-refractivity contribution in [2.24, 2.45) is 45.8 Å². The van der Waals surface area contributed by atoms with Crippen molar-refractivity contribution in [2.45, 2.75) is 104 Å². The van der Waals surface area contributed by atoms with Crippen LogP contribution in [0.5, 0.6) is 0 Å². The molecule has 0 amide bonds. The molecular weight excluding hydrogens is 500 g/mol. The summed E-state index contributed by atoms with van der Waals surface area (Å²) < 4.78 is 35.4. The number of esters is 1. The number of carbonyl (C=O) groups is 2. The van der Waals surface area contributed by atoms with Crippen LogP contribution in [0.15, 0.2) is 11.6 Å². The molecule has 0 aromatic rings. The highest BCUT2D eigenvalue weighted by molar-refractivity contribution is 5.66. The van der Waals surface area contributed by atoms with E-state index in [9.17, 15) is 9.59 Å². The van der Waals surface area contributed by atoms with E-state index in [1.54, 1.807) is 0 Å². The first-order valence-corrected chi connectivity index (χ1v) is 14.9. The van der Waals surface area contributed by atoms with Crippen LogP contribution in [0.2, 0.25) is 0 Å². The van der Waals surface area contributed by atoms with Gasteiger partial charge in [0.1, 0.15) is 18.3 Å². The van der Waals surface area contributed by atoms with Crippen LogP contribution in [0.3, 0.4) is 0 Å². The van der Waals surface area contributed by atoms with Crippen molar-refractivity contribution in [3.05, 3.63) is 11.6 Å². The lowest BCUT2D eigenvalue weighted by atomic mass is 9.46. The number of carbonyl (C=O) groups excluding carboxylic acids is 2. The third kappa shape index (κ3) is 4.35. The van der Waals surface area contributed by atoms with Gasteiger partial charge in [0, 0.05) is 36.0 Å². The Morgan fingerprint density at radius 1 is 1.03 bits per heavy atom. The first-order chi connectivity index (χ1) is 18.4. The molecule has 0 spiro atoms. The highest BCUT2D eigenvalue weighted by Gasteiger charge is 2.70. The number of epoxide rings is 1. The fourth-order valence-corrected chi connectivity index (χ4v) is 9.68. The van der Waals surface area contributed by atoms with Gasteiger partial charge < -0.3 is 28.4 Å². The van der Waals surface area contributed by atoms with Gasteiger partial charge in [0.15, 0.2) is 6.29 Å². The van der Waals surface area contributed by atoms with Crippen LogP contribution in [0.25, 0.3) is 0 Å². The lowest BCUT2D eigenvalue weighted by molar-refractivity contribution is -0.253. The maximum Gasteiger partial charge on any atom is 0.508 e. The SMILES string of the molecule is COC(=O)O[C@@H]1C=C2C[C@@H](OC(C)=O)[C@@H]3O[C@@H]3[C@]2(C)C2CC[C@@]3(C)C(CC[C@@H]3C(C)C3OCC(C)(C)CO3)C21. The van der Waals surface area contributed by atoms with Gasteiger partial charge in [0.2, 0.25) is 0 Å². The summed E-state index contributed by atoms with van der Waals surface area (Å²) in [5.41, 5.74) is 1.18. The predicted octanol–water partition coefficient (Wildman–Crippen LogP) is 5.28. The number of hydrogen-bond donors (Lipinski definition) is 0. The van der Waals surface area contributed by atoms with E-state index < -0.39 is 6.16 Å². The summed E-state index contributed by atoms with van der Waals surface area (Å²) in [5.74, 6) is 1.36. The van der Waals surface area contributed by atoms with Gasteiger partial charge >= 0.3 is 12.1 Å². The predicted molar refractivity (Wildman–Crippen MR) is 141 cm³/mol. The smallest absolute Gasteiger partial charge is 0.459 e. The second-order valence-electron chi connectivity index (χ2n) is 14.4. The Bertz CT molecular complexity index is 1030. The standard InChI is InChI=1S/C31H46O8/c1-16(27-35-14-29(3,4)15-36-27)19-8-9-20-24-21(10-11-30(19,20)5)31(6)18(12-22(24)38-28(33)34-7)13-23(37-17(2)32)25-26(31)39-25/h12,16,19-27H,8-11,13-15H2,1-7H3/t16?,19-,20?,21?,22-,23-,24?,25+,26+,30-,31+/m1/s1. The van der Waals surface area contributed by atoms with Crippen molar-refractivity contribution in [3.63, 3.8) is 0 Å². The van der Waals surface area contributed by atoms with Gasteiger partial charge in [-0.1, -0.05) is 40.2 Å². The van der Waals surface area contributed by atoms with E-state index in [4.69, 9.17) is 28.4 Å². The first-order valence-electron chi connectivity index (χ1n) is 14.9. The molecule has 8 heteroatoms. The molecule has 0 radical (unpaired) electrons. The highest BCUT2D eigenvalue weighted by atomic mass is 16.7. The van der Waals surface area contributed by atoms with Crippen molar-refractivity contribution in [3.8, 4) is 0 Å². The molecule has 6 aliphatic rings. The van der Waals surface area contributed by atoms with Crippen LogP contribution in [0.1, 0.15) is 73.6 Å². The molecule has 5 fully saturated rings. The zero-order chi connectivity index (χ0) is 27.9. The quantitative estimate of drug-likeness (QED) is 0.267. The summed E-state index contributed by atoms with van der Waals surface area (Å²) in [4.78, 5) is 24.3. The summed E-state index contributed by atoms with van der Waals surface area (Å²) in [5, 5.41) is 0. The third-order valence-electron chi connectivity index (χ3n) is 11.6. The zero-order valence-corrected chi connectivity index (χ0v) is 24.6. The minimum Gasteiger partial charge on any atom is -0.459 e. The molecule has 2 aliphatic heterocycles. The van der Waals surface area contributed by atoms with E-state index in [2.05, 4.69) is 40.7 Å². The number of hydrogen-bond acceptors (Lipinski definition) is 8. The van der Waals surface area contributed by atoms with Crippen LogP contribution < -0.4 is 0 Å². The van der Waals surface area contributed by atoms with Crippen molar-refractivity contribution in [1.29, 1.82) is 0 Å². The largest absolute Gasteiger partial charge is 0.508 e. The Kier molecular flexibility index (Phi) is 6.67. The molecule has 11 atom stereocenters. The first kappa shape index (κ1) is 27.5. The van der Waals surface area contributed by atoms with Crippen LogP contribution >= 0.6 is 0 Å². The molecule has 2 saturated heterocycles. The van der Waals surface area contributed by atoms with Crippen LogP contribution in [0.4, 0.5) is 4.79 Å². The van der Waals surface area contributed by atoms with E-state index in [1.807, 2.05) is 0 Å². The zero-order valence-electron chi connectivity index (χ0n) is 24.6. The van der Waals surface area contributed by atoms with E-state index in [-0.39, 0.29) is 64.8 Å². The van der Waals surface area contributed by atoms with Crippen molar-refractivity contribution in [2.75, 3.05) is 20.3 Å². The highest BCUT2D eigenvalue weighted by Crippen LogP contribution is 2.70. The molecule has 3 saturated carbocycles. The summed E-state index contributed by atoms with van der Waals surface area (Å²) >= 11 is 0. The van der Waals surface area contributed by atoms with Gasteiger partial charge in [0.05, 0.1) is 26.4 Å². The Morgan fingerprint density at radius 3 is 2.41 bits per heavy atom. The van der Waals surface area contributed by atoms with Crippen molar-refractivity contribution < 1.29 is 38.0 Å². The van der Waals surface area contributed by atoms with E-state index in [0.29, 0.717) is 24.2 Å². The molecule has 2 heterocycles. The molecule has 8 nitrogen and oxygen atoms in total. The molecule has 39 heavy (non-hydrogen) atoms. The number of methoxy groups -OCH3 is 1. The van der Waals surface area contributed by atoms with Crippen LogP contribution in [0, 0.1) is 45.8 Å². The second-order valence-corrected chi connectivity index (χ2v) is 14.4. The maximum atomic E-state index is 12.5. The van der Waals surface area contributed by atoms with Crippen molar-refractivity contribution in [1.82, 2.24) is 0 Å². The average Bonchev–Trinajstić information content (AvgIpc) is 3.61. The monoisotopic (exact) mass is 546 g/mol. The van der Waals surface area contributed by atoms with Gasteiger partial charge in [-0.05, 0) is 54.9 Å². The topological polar surface area (TPSA) is 92.8 Å². The number of rotatable bonds is 4. The molecule has 0 aromatic heterocycles. The van der Waals surface area contributed by atoms with Gasteiger partial charge in [-0.3, -0.25) is 4.79 Å². The van der Waals surface area contributed by atoms with Gasteiger partial charge in [0.25, 0.3) is 0 Å². The minimum absolute atomic E-state index is 0.0290. The maximum absolute atomic E-state index is 12.5. The molecule has 0 bridgehead atoms. The lowest BCUT2D eigenvalue weighted by Gasteiger charge is -2.59. The molecule has 4 aliphatic carbocycles. The Morgan fingerprint density at radius 2 is 1.74 bits per heavy atom. The molecule has 4 unspecified atom stereocenters. The fraction of sp³-hybridized carbons (Fsp3) is 0.871. The average molecular weight is 547 g/mol. The summed E-state index contributed by atoms with van der Waals surface area (Å²) in [6.07, 6.45) is 5.65. The lowest BCUT2D eigenvalue weighted by Crippen LogP contribution is -2.58. The van der Waals surface area contributed by atoms with Gasteiger partial charge in [-0.25, -0.2) is 4.79 Å². The number of ether oxygens (including phenoxy) is 6. The molecule has 218 valence electrons. The van der Waals surface area contributed by atoms with E-state index >= 15 is 0 Å². The normalized spacial score (nSPS) is 46.9. The van der Waals surface area contributed by atoms with Gasteiger partial charge in [-0.15, -0.1) is 0 Å². The summed E-state index contributed by atoms with van der Waals surface area (Å²) in [6.45, 7) is 14.3. The molecule has 0 N–H and O–H groups in total. The number of fused-ring (bicyclic) bond motifs is 7. The fourth-order valence-electron chi connectivity index (χ4n) is 9.68. The summed E-state index contributed by atoms with van der Waals surface area (Å²) in [7, 11) is 1.36. The Labute approximate surface area is 232 Å². The van der Waals surface area contributed by atoms with E-state index in [0.717, 1.165) is 38.9 Å². The third-order valence-corrected chi connectivity index (χ3v) is 11.6. The van der Waals surface area contributed by atoms with Crippen molar-refractivity contribution >= 4 is 12.1 Å². The Balaban J connectivity index is 1.30. The van der Waals surface area contributed by atoms with Gasteiger partial charge in [-0.2, -0.15) is 0 Å². The van der Waals surface area contributed by atoms with E-state index in [1.165, 1.54) is 19.6 Å². The van der Waals surface area contributed by atoms with Crippen LogP contribution in [-0.2, 0) is 33.2 Å². The molecule has 0 aromatic carbocycles. The summed E-state index contributed by atoms with van der Waals surface area (Å²) in [6, 6.07) is 0. The van der Waals surface area contributed by atoms with Crippen LogP contribution in [-0.4, -0.2) is 63.2 Å². The molecule has 6 rings (SSSR count). The Hall–Kier alpha value is -1.64.